The summed E-state index contributed by atoms with van der Waals surface area (Å²) in [6.07, 6.45) is 1.48. The Morgan fingerprint density at radius 3 is 2.03 bits per heavy atom. The molecule has 1 heterocycles. The van der Waals surface area contributed by atoms with Crippen LogP contribution >= 0.6 is 0 Å². The van der Waals surface area contributed by atoms with E-state index in [9.17, 15) is 8.42 Å². The van der Waals surface area contributed by atoms with Crippen LogP contribution < -0.4 is 4.83 Å². The van der Waals surface area contributed by atoms with Gasteiger partial charge < -0.3 is 0 Å². The molecule has 5 rings (SSSR count). The first-order chi connectivity index (χ1) is 17.5. The molecule has 0 amide bonds. The van der Waals surface area contributed by atoms with E-state index in [0.717, 1.165) is 39.3 Å². The van der Waals surface area contributed by atoms with E-state index in [1.54, 1.807) is 24.3 Å². The Hall–Kier alpha value is -4.49. The summed E-state index contributed by atoms with van der Waals surface area (Å²) in [6.45, 7) is 1.90. The van der Waals surface area contributed by atoms with Crippen molar-refractivity contribution in [2.45, 2.75) is 11.8 Å². The molecule has 0 bridgehead atoms. The monoisotopic (exact) mass is 492 g/mol. The lowest BCUT2D eigenvalue weighted by Gasteiger charge is -2.08. The predicted molar refractivity (Wildman–Crippen MR) is 144 cm³/mol. The van der Waals surface area contributed by atoms with Crippen LogP contribution in [0.4, 0.5) is 0 Å². The van der Waals surface area contributed by atoms with E-state index >= 15 is 0 Å². The van der Waals surface area contributed by atoms with Gasteiger partial charge in [0.05, 0.1) is 28.2 Å². The summed E-state index contributed by atoms with van der Waals surface area (Å²) in [4.78, 5) is 2.43. The molecular formula is C29H24N4O2S. The van der Waals surface area contributed by atoms with Gasteiger partial charge in [0.25, 0.3) is 10.0 Å². The number of nitrogens with one attached hydrogen (secondary N) is 1. The van der Waals surface area contributed by atoms with Crippen LogP contribution in [-0.4, -0.2) is 24.4 Å². The Bertz CT molecular complexity index is 1590. The zero-order chi connectivity index (χ0) is 25.0. The molecule has 5 aromatic rings. The van der Waals surface area contributed by atoms with Gasteiger partial charge in [0.2, 0.25) is 0 Å². The first-order valence-corrected chi connectivity index (χ1v) is 12.9. The van der Waals surface area contributed by atoms with Gasteiger partial charge in [-0.15, -0.1) is 0 Å². The second-order valence-electron chi connectivity index (χ2n) is 8.32. The summed E-state index contributed by atoms with van der Waals surface area (Å²) in [7, 11) is -3.72. The minimum absolute atomic E-state index is 0.168. The molecule has 0 aliphatic rings. The van der Waals surface area contributed by atoms with Crippen molar-refractivity contribution < 1.29 is 8.42 Å². The summed E-state index contributed by atoms with van der Waals surface area (Å²) in [5.41, 5.74) is 6.57. The van der Waals surface area contributed by atoms with Gasteiger partial charge in [0.1, 0.15) is 0 Å². The van der Waals surface area contributed by atoms with Crippen molar-refractivity contribution in [2.75, 3.05) is 0 Å². The maximum atomic E-state index is 12.4. The average Bonchev–Trinajstić information content (AvgIpc) is 3.36. The zero-order valence-corrected chi connectivity index (χ0v) is 20.4. The minimum Gasteiger partial charge on any atom is -0.232 e. The Kier molecular flexibility index (Phi) is 6.47. The Labute approximate surface area is 210 Å². The lowest BCUT2D eigenvalue weighted by atomic mass is 10.1. The highest BCUT2D eigenvalue weighted by Gasteiger charge is 2.14. The third-order valence-corrected chi connectivity index (χ3v) is 6.94. The van der Waals surface area contributed by atoms with E-state index in [2.05, 4.69) is 28.1 Å². The molecular weight excluding hydrogens is 468 g/mol. The van der Waals surface area contributed by atoms with Crippen LogP contribution in [0, 0.1) is 6.92 Å². The molecule has 0 aliphatic carbocycles. The Morgan fingerprint density at radius 1 is 0.778 bits per heavy atom. The Balaban J connectivity index is 1.40. The fourth-order valence-electron chi connectivity index (χ4n) is 3.78. The highest BCUT2D eigenvalue weighted by atomic mass is 32.2. The lowest BCUT2D eigenvalue weighted by Crippen LogP contribution is -2.18. The number of hydrazone groups is 1. The summed E-state index contributed by atoms with van der Waals surface area (Å²) >= 11 is 0. The van der Waals surface area contributed by atoms with Crippen LogP contribution in [0.3, 0.4) is 0 Å². The second kappa shape index (κ2) is 10.0. The number of nitrogens with zero attached hydrogens (tertiary/aromatic N) is 3. The standard InChI is InChI=1S/C29H24N4O2S/c1-22-12-18-27(19-13-22)36(34,35)32-30-21-23-14-16-26(17-15-23)33-29(25-10-6-3-7-11-25)20-28(31-33)24-8-4-2-5-9-24/h2-21,32H,1H3/b30-21-. The molecule has 0 saturated carbocycles. The van der Waals surface area contributed by atoms with Crippen molar-refractivity contribution in [3.63, 3.8) is 0 Å². The molecule has 0 radical (unpaired) electrons. The normalized spacial score (nSPS) is 11.6. The van der Waals surface area contributed by atoms with Crippen LogP contribution in [0.5, 0.6) is 0 Å². The summed E-state index contributed by atoms with van der Waals surface area (Å²) in [5, 5.41) is 8.82. The van der Waals surface area contributed by atoms with Crippen molar-refractivity contribution in [3.8, 4) is 28.2 Å². The van der Waals surface area contributed by atoms with Crippen molar-refractivity contribution >= 4 is 16.2 Å². The molecule has 0 unspecified atom stereocenters. The van der Waals surface area contributed by atoms with Gasteiger partial charge in [-0.3, -0.25) is 0 Å². The maximum Gasteiger partial charge on any atom is 0.276 e. The predicted octanol–water partition coefficient (Wildman–Crippen LogP) is 5.83. The van der Waals surface area contributed by atoms with Gasteiger partial charge in [0, 0.05) is 11.1 Å². The smallest absolute Gasteiger partial charge is 0.232 e. The molecule has 0 fully saturated rings. The number of benzene rings is 4. The summed E-state index contributed by atoms with van der Waals surface area (Å²) in [6, 6.07) is 36.5. The summed E-state index contributed by atoms with van der Waals surface area (Å²) in [5.74, 6) is 0. The quantitative estimate of drug-likeness (QED) is 0.229. The fourth-order valence-corrected chi connectivity index (χ4v) is 4.58. The highest BCUT2D eigenvalue weighted by molar-refractivity contribution is 7.89. The topological polar surface area (TPSA) is 76.3 Å². The van der Waals surface area contributed by atoms with E-state index in [1.165, 1.54) is 6.21 Å². The van der Waals surface area contributed by atoms with Crippen molar-refractivity contribution in [1.82, 2.24) is 14.6 Å². The lowest BCUT2D eigenvalue weighted by molar-refractivity contribution is 0.584. The molecule has 1 N–H and O–H groups in total. The van der Waals surface area contributed by atoms with E-state index in [1.807, 2.05) is 84.4 Å². The van der Waals surface area contributed by atoms with E-state index in [-0.39, 0.29) is 4.90 Å². The molecule has 0 aliphatic heterocycles. The largest absolute Gasteiger partial charge is 0.276 e. The minimum atomic E-state index is -3.72. The molecule has 178 valence electrons. The molecule has 36 heavy (non-hydrogen) atoms. The van der Waals surface area contributed by atoms with Crippen molar-refractivity contribution in [1.29, 1.82) is 0 Å². The van der Waals surface area contributed by atoms with Crippen LogP contribution in [0.1, 0.15) is 11.1 Å². The molecule has 1 aromatic heterocycles. The third-order valence-electron chi connectivity index (χ3n) is 5.70. The van der Waals surface area contributed by atoms with Crippen LogP contribution in [-0.2, 0) is 10.0 Å². The molecule has 0 spiro atoms. The summed E-state index contributed by atoms with van der Waals surface area (Å²) < 4.78 is 26.8. The van der Waals surface area contributed by atoms with Crippen LogP contribution in [0.15, 0.2) is 125 Å². The van der Waals surface area contributed by atoms with Gasteiger partial charge >= 0.3 is 0 Å². The Morgan fingerprint density at radius 2 is 1.39 bits per heavy atom. The molecule has 4 aromatic carbocycles. The van der Waals surface area contributed by atoms with Gasteiger partial charge in [-0.1, -0.05) is 90.5 Å². The number of hydrogen-bond donors (Lipinski definition) is 1. The number of sulfonamides is 1. The number of aromatic nitrogens is 2. The fraction of sp³-hybridized carbons (Fsp3) is 0.0345. The van der Waals surface area contributed by atoms with E-state index in [4.69, 9.17) is 5.10 Å². The van der Waals surface area contributed by atoms with Crippen LogP contribution in [0.2, 0.25) is 0 Å². The zero-order valence-electron chi connectivity index (χ0n) is 19.6. The highest BCUT2D eigenvalue weighted by Crippen LogP contribution is 2.28. The van der Waals surface area contributed by atoms with Gasteiger partial charge in [-0.05, 0) is 42.8 Å². The second-order valence-corrected chi connectivity index (χ2v) is 9.98. The number of rotatable bonds is 7. The molecule has 0 atom stereocenters. The maximum absolute atomic E-state index is 12.4. The van der Waals surface area contributed by atoms with E-state index < -0.39 is 10.0 Å². The average molecular weight is 493 g/mol. The first kappa shape index (κ1) is 23.3. The molecule has 0 saturated heterocycles. The SMILES string of the molecule is Cc1ccc(S(=O)(=O)N/N=C\c2ccc(-n3nc(-c4ccccc4)cc3-c3ccccc3)cc2)cc1. The van der Waals surface area contributed by atoms with Gasteiger partial charge in [0.15, 0.2) is 0 Å². The first-order valence-electron chi connectivity index (χ1n) is 11.4. The van der Waals surface area contributed by atoms with Crippen molar-refractivity contribution in [3.05, 3.63) is 126 Å². The number of hydrogen-bond acceptors (Lipinski definition) is 4. The van der Waals surface area contributed by atoms with Gasteiger partial charge in [-0.25, -0.2) is 9.51 Å². The van der Waals surface area contributed by atoms with Crippen molar-refractivity contribution in [2.24, 2.45) is 5.10 Å². The molecule has 7 heteroatoms. The van der Waals surface area contributed by atoms with Crippen LogP contribution in [0.25, 0.3) is 28.2 Å². The van der Waals surface area contributed by atoms with Gasteiger partial charge in [-0.2, -0.15) is 18.6 Å². The molecule has 6 nitrogen and oxygen atoms in total. The number of aryl methyl sites for hydroxylation is 1. The van der Waals surface area contributed by atoms with E-state index in [0.29, 0.717) is 0 Å². The third kappa shape index (κ3) is 5.11.